The fourth-order valence-electron chi connectivity index (χ4n) is 2.55. The molecule has 1 aliphatic carbocycles. The SMILES string of the molecule is COCCCC1CCc2ccccc2C1Br. The molecule has 0 saturated carbocycles. The molecule has 16 heavy (non-hydrogen) atoms. The molecule has 0 heterocycles. The Balaban J connectivity index is 2.00. The molecule has 0 saturated heterocycles. The van der Waals surface area contributed by atoms with Crippen molar-refractivity contribution >= 4 is 15.9 Å². The highest BCUT2D eigenvalue weighted by Gasteiger charge is 2.26. The lowest BCUT2D eigenvalue weighted by Crippen LogP contribution is -2.17. The van der Waals surface area contributed by atoms with Crippen molar-refractivity contribution in [2.45, 2.75) is 30.5 Å². The van der Waals surface area contributed by atoms with Crippen molar-refractivity contribution < 1.29 is 4.74 Å². The number of hydrogen-bond donors (Lipinski definition) is 0. The van der Waals surface area contributed by atoms with Gasteiger partial charge in [-0.1, -0.05) is 40.2 Å². The minimum Gasteiger partial charge on any atom is -0.385 e. The average Bonchev–Trinajstić information content (AvgIpc) is 2.33. The number of rotatable bonds is 4. The number of alkyl halides is 1. The first kappa shape index (κ1) is 12.1. The summed E-state index contributed by atoms with van der Waals surface area (Å²) in [5.41, 5.74) is 3.02. The summed E-state index contributed by atoms with van der Waals surface area (Å²) in [6.45, 7) is 0.887. The van der Waals surface area contributed by atoms with Gasteiger partial charge in [0.05, 0.1) is 0 Å². The maximum Gasteiger partial charge on any atom is 0.0462 e. The summed E-state index contributed by atoms with van der Waals surface area (Å²) < 4.78 is 5.12. The molecule has 0 radical (unpaired) electrons. The molecule has 1 nitrogen and oxygen atoms in total. The fraction of sp³-hybridized carbons (Fsp3) is 0.571. The first-order valence-electron chi connectivity index (χ1n) is 6.03. The van der Waals surface area contributed by atoms with Crippen LogP contribution in [0.1, 0.15) is 35.2 Å². The Morgan fingerprint density at radius 1 is 1.38 bits per heavy atom. The summed E-state index contributed by atoms with van der Waals surface area (Å²) in [5.74, 6) is 0.769. The number of benzene rings is 1. The van der Waals surface area contributed by atoms with E-state index >= 15 is 0 Å². The van der Waals surface area contributed by atoms with Crippen LogP contribution < -0.4 is 0 Å². The standard InChI is InChI=1S/C14H19BrO/c1-16-10-4-6-12-9-8-11-5-2-3-7-13(11)14(12)15/h2-3,5,7,12,14H,4,6,8-10H2,1H3. The Morgan fingerprint density at radius 2 is 2.19 bits per heavy atom. The van der Waals surface area contributed by atoms with E-state index in [0.717, 1.165) is 12.5 Å². The zero-order valence-corrected chi connectivity index (χ0v) is 11.4. The van der Waals surface area contributed by atoms with Gasteiger partial charge in [-0.2, -0.15) is 0 Å². The summed E-state index contributed by atoms with van der Waals surface area (Å²) in [7, 11) is 1.78. The highest BCUT2D eigenvalue weighted by Crippen LogP contribution is 2.42. The van der Waals surface area contributed by atoms with Crippen LogP contribution in [-0.4, -0.2) is 13.7 Å². The van der Waals surface area contributed by atoms with Crippen LogP contribution in [0.25, 0.3) is 0 Å². The van der Waals surface area contributed by atoms with Gasteiger partial charge in [0.25, 0.3) is 0 Å². The van der Waals surface area contributed by atoms with Gasteiger partial charge in [-0.3, -0.25) is 0 Å². The van der Waals surface area contributed by atoms with Crippen LogP contribution in [0.3, 0.4) is 0 Å². The number of hydrogen-bond acceptors (Lipinski definition) is 1. The third-order valence-corrected chi connectivity index (χ3v) is 4.71. The van der Waals surface area contributed by atoms with Gasteiger partial charge in [0, 0.05) is 18.5 Å². The minimum atomic E-state index is 0.536. The summed E-state index contributed by atoms with van der Waals surface area (Å²) in [4.78, 5) is 0.536. The van der Waals surface area contributed by atoms with Crippen molar-refractivity contribution in [3.8, 4) is 0 Å². The lowest BCUT2D eigenvalue weighted by atomic mass is 9.81. The Hall–Kier alpha value is -0.340. The molecule has 2 rings (SSSR count). The number of ether oxygens (including phenoxy) is 1. The van der Waals surface area contributed by atoms with E-state index in [0.29, 0.717) is 4.83 Å². The summed E-state index contributed by atoms with van der Waals surface area (Å²) in [6, 6.07) is 8.81. The molecule has 0 spiro atoms. The van der Waals surface area contributed by atoms with Gasteiger partial charge in [0.1, 0.15) is 0 Å². The minimum absolute atomic E-state index is 0.536. The van der Waals surface area contributed by atoms with Crippen LogP contribution in [0.5, 0.6) is 0 Å². The molecule has 0 N–H and O–H groups in total. The quantitative estimate of drug-likeness (QED) is 0.597. The topological polar surface area (TPSA) is 9.23 Å². The molecule has 0 aromatic heterocycles. The smallest absolute Gasteiger partial charge is 0.0462 e. The lowest BCUT2D eigenvalue weighted by Gasteiger charge is -2.29. The van der Waals surface area contributed by atoms with Gasteiger partial charge < -0.3 is 4.74 Å². The molecule has 2 atom stereocenters. The molecule has 0 bridgehead atoms. The Kier molecular flexibility index (Phi) is 4.42. The van der Waals surface area contributed by atoms with E-state index in [-0.39, 0.29) is 0 Å². The predicted octanol–water partition coefficient (Wildman–Crippen LogP) is 4.11. The Labute approximate surface area is 106 Å². The molecular formula is C14H19BrO. The van der Waals surface area contributed by atoms with Gasteiger partial charge >= 0.3 is 0 Å². The molecule has 2 heteroatoms. The van der Waals surface area contributed by atoms with Crippen molar-refractivity contribution in [1.82, 2.24) is 0 Å². The largest absolute Gasteiger partial charge is 0.385 e. The van der Waals surface area contributed by atoms with E-state index in [1.165, 1.54) is 36.8 Å². The fourth-order valence-corrected chi connectivity index (χ4v) is 3.53. The van der Waals surface area contributed by atoms with Crippen molar-refractivity contribution in [1.29, 1.82) is 0 Å². The van der Waals surface area contributed by atoms with Crippen molar-refractivity contribution in [2.24, 2.45) is 5.92 Å². The second-order valence-corrected chi connectivity index (χ2v) is 5.52. The number of fused-ring (bicyclic) bond motifs is 1. The van der Waals surface area contributed by atoms with E-state index in [9.17, 15) is 0 Å². The summed E-state index contributed by atoms with van der Waals surface area (Å²) in [5, 5.41) is 0. The molecule has 88 valence electrons. The molecule has 1 aromatic rings. The molecular weight excluding hydrogens is 264 g/mol. The zero-order valence-electron chi connectivity index (χ0n) is 9.79. The first-order chi connectivity index (χ1) is 7.83. The van der Waals surface area contributed by atoms with Gasteiger partial charge in [0.2, 0.25) is 0 Å². The molecule has 2 unspecified atom stereocenters. The first-order valence-corrected chi connectivity index (χ1v) is 6.95. The third kappa shape index (κ3) is 2.67. The lowest BCUT2D eigenvalue weighted by molar-refractivity contribution is 0.185. The highest BCUT2D eigenvalue weighted by molar-refractivity contribution is 9.09. The van der Waals surface area contributed by atoms with E-state index in [1.54, 1.807) is 7.11 Å². The number of aryl methyl sites for hydroxylation is 1. The van der Waals surface area contributed by atoms with E-state index < -0.39 is 0 Å². The predicted molar refractivity (Wildman–Crippen MR) is 71.0 cm³/mol. The molecule has 1 aromatic carbocycles. The Morgan fingerprint density at radius 3 is 3.00 bits per heavy atom. The molecule has 0 amide bonds. The second-order valence-electron chi connectivity index (χ2n) is 4.53. The second kappa shape index (κ2) is 5.83. The molecule has 0 aliphatic heterocycles. The van der Waals surface area contributed by atoms with Gasteiger partial charge in [-0.15, -0.1) is 0 Å². The van der Waals surface area contributed by atoms with Gasteiger partial charge in [-0.05, 0) is 42.7 Å². The maximum absolute atomic E-state index is 5.12. The summed E-state index contributed by atoms with van der Waals surface area (Å²) in [6.07, 6.45) is 4.97. The van der Waals surface area contributed by atoms with Crippen molar-refractivity contribution in [3.05, 3.63) is 35.4 Å². The van der Waals surface area contributed by atoms with E-state index in [4.69, 9.17) is 4.74 Å². The number of halogens is 1. The van der Waals surface area contributed by atoms with Crippen LogP contribution in [0, 0.1) is 5.92 Å². The van der Waals surface area contributed by atoms with Crippen LogP contribution in [-0.2, 0) is 11.2 Å². The zero-order chi connectivity index (χ0) is 11.4. The van der Waals surface area contributed by atoms with Crippen molar-refractivity contribution in [2.75, 3.05) is 13.7 Å². The Bertz CT molecular complexity index is 337. The van der Waals surface area contributed by atoms with Crippen LogP contribution in [0.15, 0.2) is 24.3 Å². The summed E-state index contributed by atoms with van der Waals surface area (Å²) >= 11 is 3.86. The van der Waals surface area contributed by atoms with Gasteiger partial charge in [0.15, 0.2) is 0 Å². The number of methoxy groups -OCH3 is 1. The average molecular weight is 283 g/mol. The van der Waals surface area contributed by atoms with E-state index in [2.05, 4.69) is 40.2 Å². The monoisotopic (exact) mass is 282 g/mol. The molecule has 0 fully saturated rings. The third-order valence-electron chi connectivity index (χ3n) is 3.47. The van der Waals surface area contributed by atoms with E-state index in [1.807, 2.05) is 0 Å². The van der Waals surface area contributed by atoms with Crippen LogP contribution in [0.2, 0.25) is 0 Å². The maximum atomic E-state index is 5.12. The van der Waals surface area contributed by atoms with Crippen molar-refractivity contribution in [3.63, 3.8) is 0 Å². The normalized spacial score (nSPS) is 24.1. The van der Waals surface area contributed by atoms with Gasteiger partial charge in [-0.25, -0.2) is 0 Å². The molecule has 1 aliphatic rings. The highest BCUT2D eigenvalue weighted by atomic mass is 79.9. The van der Waals surface area contributed by atoms with Crippen LogP contribution >= 0.6 is 15.9 Å². The van der Waals surface area contributed by atoms with Crippen LogP contribution in [0.4, 0.5) is 0 Å².